The Bertz CT molecular complexity index is 1300. The second-order valence-corrected chi connectivity index (χ2v) is 8.37. The van der Waals surface area contributed by atoms with Crippen LogP contribution in [0.25, 0.3) is 17.2 Å². The first-order chi connectivity index (χ1) is 15.5. The zero-order valence-corrected chi connectivity index (χ0v) is 18.2. The van der Waals surface area contributed by atoms with Gasteiger partial charge in [-0.05, 0) is 55.1 Å². The van der Waals surface area contributed by atoms with E-state index in [1.54, 1.807) is 23.9 Å². The molecule has 2 aromatic heterocycles. The summed E-state index contributed by atoms with van der Waals surface area (Å²) < 4.78 is 14.8. The highest BCUT2D eigenvalue weighted by Crippen LogP contribution is 2.40. The molecule has 3 heterocycles. The fourth-order valence-corrected chi connectivity index (χ4v) is 4.36. The lowest BCUT2D eigenvalue weighted by molar-refractivity contribution is -0.116. The van der Waals surface area contributed by atoms with Crippen LogP contribution < -0.4 is 5.32 Å². The summed E-state index contributed by atoms with van der Waals surface area (Å²) in [5, 5.41) is 15.7. The molecule has 0 bridgehead atoms. The molecule has 1 aliphatic rings. The summed E-state index contributed by atoms with van der Waals surface area (Å²) in [4.78, 5) is 18.3. The van der Waals surface area contributed by atoms with Crippen LogP contribution in [0, 0.1) is 12.7 Å². The van der Waals surface area contributed by atoms with Crippen molar-refractivity contribution in [1.29, 1.82) is 0 Å². The number of benzene rings is 2. The van der Waals surface area contributed by atoms with Gasteiger partial charge in [-0.3, -0.25) is 4.79 Å². The average molecular weight is 447 g/mol. The largest absolute Gasteiger partial charge is 0.310 e. The second-order valence-electron chi connectivity index (χ2n) is 7.49. The molecule has 160 valence electrons. The maximum Gasteiger partial charge on any atom is 0.272 e. The van der Waals surface area contributed by atoms with Crippen molar-refractivity contribution in [3.05, 3.63) is 77.4 Å². The molecule has 4 aromatic rings. The Hall–Kier alpha value is -3.59. The van der Waals surface area contributed by atoms with E-state index in [9.17, 15) is 9.18 Å². The Kier molecular flexibility index (Phi) is 5.18. The molecule has 0 aliphatic carbocycles. The number of thioether (sulfide) groups is 1. The summed E-state index contributed by atoms with van der Waals surface area (Å²) in [5.41, 5.74) is 4.02. The summed E-state index contributed by atoms with van der Waals surface area (Å²) in [7, 11) is 0. The van der Waals surface area contributed by atoms with Gasteiger partial charge in [0.15, 0.2) is 0 Å². The molecule has 0 saturated heterocycles. The summed E-state index contributed by atoms with van der Waals surface area (Å²) >= 11 is 1.68. The number of fused-ring (bicyclic) bond motifs is 1. The summed E-state index contributed by atoms with van der Waals surface area (Å²) in [6.07, 6.45) is 3.88. The van der Waals surface area contributed by atoms with Crippen LogP contribution in [0.15, 0.2) is 59.6 Å². The monoisotopic (exact) mass is 446 g/mol. The standard InChI is InChI=1S/C23H19FN6OS/c1-13-21-18(14-5-9-17(32-2)10-6-14)11-20(31)27-22(21)30(29-13)23-26-19(12-25-28-23)15-3-7-16(24)8-4-15/h3-10,12,18H,11H2,1-2H3,(H,27,31)/t18-/m0/s1. The first-order valence-electron chi connectivity index (χ1n) is 10.0. The van der Waals surface area contributed by atoms with Crippen molar-refractivity contribution in [3.63, 3.8) is 0 Å². The Morgan fingerprint density at radius 2 is 1.88 bits per heavy atom. The van der Waals surface area contributed by atoms with Crippen LogP contribution in [-0.4, -0.2) is 37.1 Å². The first-order valence-corrected chi connectivity index (χ1v) is 11.3. The third-order valence-corrected chi connectivity index (χ3v) is 6.24. The van der Waals surface area contributed by atoms with E-state index in [2.05, 4.69) is 49.9 Å². The highest BCUT2D eigenvalue weighted by molar-refractivity contribution is 7.98. The molecule has 32 heavy (non-hydrogen) atoms. The normalized spacial score (nSPS) is 15.3. The van der Waals surface area contributed by atoms with E-state index >= 15 is 0 Å². The van der Waals surface area contributed by atoms with Gasteiger partial charge in [0.25, 0.3) is 5.95 Å². The number of nitrogens with one attached hydrogen (secondary N) is 1. The number of aromatic nitrogens is 5. The molecule has 1 atom stereocenters. The van der Waals surface area contributed by atoms with Gasteiger partial charge in [0, 0.05) is 28.4 Å². The lowest BCUT2D eigenvalue weighted by atomic mass is 9.86. The number of carbonyl (C=O) groups is 1. The molecular formula is C23H19FN6OS. The first kappa shape index (κ1) is 20.3. The summed E-state index contributed by atoms with van der Waals surface area (Å²) in [6, 6.07) is 14.2. The molecule has 0 saturated carbocycles. The molecule has 0 unspecified atom stereocenters. The van der Waals surface area contributed by atoms with Crippen LogP contribution in [0.5, 0.6) is 0 Å². The van der Waals surface area contributed by atoms with Gasteiger partial charge in [-0.25, -0.2) is 9.37 Å². The van der Waals surface area contributed by atoms with Gasteiger partial charge < -0.3 is 5.32 Å². The topological polar surface area (TPSA) is 85.6 Å². The molecular weight excluding hydrogens is 427 g/mol. The van der Waals surface area contributed by atoms with Gasteiger partial charge in [-0.15, -0.1) is 16.9 Å². The molecule has 0 spiro atoms. The Morgan fingerprint density at radius 3 is 2.59 bits per heavy atom. The van der Waals surface area contributed by atoms with E-state index in [0.717, 1.165) is 16.8 Å². The van der Waals surface area contributed by atoms with E-state index < -0.39 is 0 Å². The number of rotatable bonds is 4. The Morgan fingerprint density at radius 1 is 1.12 bits per heavy atom. The summed E-state index contributed by atoms with van der Waals surface area (Å²) in [6.45, 7) is 1.91. The average Bonchev–Trinajstić information content (AvgIpc) is 3.15. The van der Waals surface area contributed by atoms with Crippen molar-refractivity contribution >= 4 is 23.5 Å². The van der Waals surface area contributed by atoms with Crippen molar-refractivity contribution in [2.75, 3.05) is 11.6 Å². The number of halogens is 1. The molecule has 5 rings (SSSR count). The predicted octanol–water partition coefficient (Wildman–Crippen LogP) is 4.37. The van der Waals surface area contributed by atoms with Crippen molar-refractivity contribution < 1.29 is 9.18 Å². The zero-order chi connectivity index (χ0) is 22.2. The van der Waals surface area contributed by atoms with Gasteiger partial charge in [0.05, 0.1) is 17.6 Å². The van der Waals surface area contributed by atoms with Crippen LogP contribution in [0.4, 0.5) is 10.2 Å². The van der Waals surface area contributed by atoms with Crippen molar-refractivity contribution in [3.8, 4) is 17.2 Å². The number of nitrogens with zero attached hydrogens (tertiary/aromatic N) is 5. The number of hydrogen-bond donors (Lipinski definition) is 1. The maximum absolute atomic E-state index is 13.3. The van der Waals surface area contributed by atoms with Crippen molar-refractivity contribution in [2.24, 2.45) is 0 Å². The number of carbonyl (C=O) groups excluding carboxylic acids is 1. The molecule has 7 nitrogen and oxygen atoms in total. The van der Waals surface area contributed by atoms with E-state index in [0.29, 0.717) is 23.5 Å². The minimum Gasteiger partial charge on any atom is -0.310 e. The van der Waals surface area contributed by atoms with Crippen LogP contribution in [0.3, 0.4) is 0 Å². The number of hydrogen-bond acceptors (Lipinski definition) is 6. The Labute approximate surface area is 188 Å². The SMILES string of the molecule is CSc1ccc([C@@H]2CC(=O)Nc3c2c(C)nn3-c2nncc(-c3ccc(F)cc3)n2)cc1. The van der Waals surface area contributed by atoms with E-state index in [4.69, 9.17) is 0 Å². The number of amides is 1. The van der Waals surface area contributed by atoms with Crippen molar-refractivity contribution in [2.45, 2.75) is 24.2 Å². The lowest BCUT2D eigenvalue weighted by Crippen LogP contribution is -2.25. The lowest BCUT2D eigenvalue weighted by Gasteiger charge is -2.24. The number of aryl methyl sites for hydroxylation is 1. The molecule has 0 radical (unpaired) electrons. The van der Waals surface area contributed by atoms with Gasteiger partial charge in [-0.2, -0.15) is 14.9 Å². The molecule has 2 aromatic carbocycles. The molecule has 1 N–H and O–H groups in total. The fourth-order valence-electron chi connectivity index (χ4n) is 3.96. The highest BCUT2D eigenvalue weighted by atomic mass is 32.2. The van der Waals surface area contributed by atoms with Gasteiger partial charge in [0.1, 0.15) is 11.6 Å². The molecule has 1 amide bonds. The third kappa shape index (κ3) is 3.64. The summed E-state index contributed by atoms with van der Waals surface area (Å²) in [5.74, 6) is 0.245. The van der Waals surface area contributed by atoms with Crippen LogP contribution in [-0.2, 0) is 4.79 Å². The van der Waals surface area contributed by atoms with E-state index in [-0.39, 0.29) is 23.6 Å². The van der Waals surface area contributed by atoms with Crippen LogP contribution >= 0.6 is 11.8 Å². The fraction of sp³-hybridized carbons (Fsp3) is 0.174. The highest BCUT2D eigenvalue weighted by Gasteiger charge is 2.33. The minimum atomic E-state index is -0.327. The Balaban J connectivity index is 1.58. The molecule has 0 fully saturated rings. The predicted molar refractivity (Wildman–Crippen MR) is 120 cm³/mol. The van der Waals surface area contributed by atoms with Gasteiger partial charge >= 0.3 is 0 Å². The van der Waals surface area contributed by atoms with Crippen LogP contribution in [0.1, 0.15) is 29.2 Å². The number of anilines is 1. The molecule has 1 aliphatic heterocycles. The quantitative estimate of drug-likeness (QED) is 0.469. The molecule has 9 heteroatoms. The second kappa shape index (κ2) is 8.16. The third-order valence-electron chi connectivity index (χ3n) is 5.50. The van der Waals surface area contributed by atoms with Gasteiger partial charge in [-0.1, -0.05) is 12.1 Å². The van der Waals surface area contributed by atoms with E-state index in [1.165, 1.54) is 27.9 Å². The van der Waals surface area contributed by atoms with Gasteiger partial charge in [0.2, 0.25) is 5.91 Å². The van der Waals surface area contributed by atoms with Crippen LogP contribution in [0.2, 0.25) is 0 Å². The minimum absolute atomic E-state index is 0.0970. The maximum atomic E-state index is 13.3. The van der Waals surface area contributed by atoms with Crippen molar-refractivity contribution in [1.82, 2.24) is 25.0 Å². The smallest absolute Gasteiger partial charge is 0.272 e. The van der Waals surface area contributed by atoms with E-state index in [1.807, 2.05) is 13.2 Å². The zero-order valence-electron chi connectivity index (χ0n) is 17.4.